The Morgan fingerprint density at radius 3 is 2.60 bits per heavy atom. The molecule has 3 aliphatic rings. The van der Waals surface area contributed by atoms with Crippen LogP contribution >= 0.6 is 0 Å². The van der Waals surface area contributed by atoms with Crippen molar-refractivity contribution in [1.82, 2.24) is 5.32 Å². The quantitative estimate of drug-likeness (QED) is 0.864. The molecule has 1 N–H and O–H groups in total. The van der Waals surface area contributed by atoms with Gasteiger partial charge in [0, 0.05) is 24.4 Å². The first-order chi connectivity index (χ1) is 12.1. The van der Waals surface area contributed by atoms with Crippen molar-refractivity contribution in [2.45, 2.75) is 76.3 Å². The van der Waals surface area contributed by atoms with Gasteiger partial charge in [-0.1, -0.05) is 51.0 Å². The minimum Gasteiger partial charge on any atom is -0.383 e. The molecular weight excluding hydrogens is 308 g/mol. The van der Waals surface area contributed by atoms with Crippen LogP contribution in [0.15, 0.2) is 40.5 Å². The maximum atomic E-state index is 12.8. The van der Waals surface area contributed by atoms with Gasteiger partial charge in [0.25, 0.3) is 0 Å². The van der Waals surface area contributed by atoms with Crippen LogP contribution in [0.1, 0.15) is 75.3 Å². The van der Waals surface area contributed by atoms with Gasteiger partial charge in [0.05, 0.1) is 11.6 Å². The summed E-state index contributed by atoms with van der Waals surface area (Å²) >= 11 is 0. The number of ketones is 1. The van der Waals surface area contributed by atoms with Gasteiger partial charge in [-0.25, -0.2) is 0 Å². The van der Waals surface area contributed by atoms with Crippen molar-refractivity contribution >= 4 is 12.0 Å². The van der Waals surface area contributed by atoms with Crippen molar-refractivity contribution in [1.29, 1.82) is 0 Å². The Bertz CT molecular complexity index is 714. The zero-order chi connectivity index (χ0) is 17.4. The van der Waals surface area contributed by atoms with Crippen LogP contribution in [0.5, 0.6) is 0 Å². The van der Waals surface area contributed by atoms with Gasteiger partial charge in [-0.3, -0.25) is 9.79 Å². The van der Waals surface area contributed by atoms with E-state index in [9.17, 15) is 4.79 Å². The number of nitrogens with zero attached hydrogens (tertiary/aromatic N) is 1. The first-order valence-corrected chi connectivity index (χ1v) is 9.77. The predicted molar refractivity (Wildman–Crippen MR) is 102 cm³/mol. The second-order valence-electron chi connectivity index (χ2n) is 8.12. The van der Waals surface area contributed by atoms with Gasteiger partial charge in [0.1, 0.15) is 0 Å². The van der Waals surface area contributed by atoms with E-state index in [2.05, 4.69) is 43.4 Å². The lowest BCUT2D eigenvalue weighted by Gasteiger charge is -2.32. The molecule has 1 saturated carbocycles. The maximum Gasteiger partial charge on any atom is 0.166 e. The first kappa shape index (κ1) is 16.6. The van der Waals surface area contributed by atoms with Crippen LogP contribution in [0.3, 0.4) is 0 Å². The summed E-state index contributed by atoms with van der Waals surface area (Å²) in [4.78, 5) is 17.5. The lowest BCUT2D eigenvalue weighted by atomic mass is 9.81. The van der Waals surface area contributed by atoms with E-state index in [0.717, 1.165) is 24.1 Å². The zero-order valence-corrected chi connectivity index (χ0v) is 15.3. The summed E-state index contributed by atoms with van der Waals surface area (Å²) in [5.41, 5.74) is 4.61. The summed E-state index contributed by atoms with van der Waals surface area (Å²) in [5.74, 6) is 1.07. The molecule has 1 fully saturated rings. The monoisotopic (exact) mass is 336 g/mol. The highest BCUT2D eigenvalue weighted by Gasteiger charge is 2.33. The third-order valence-electron chi connectivity index (χ3n) is 6.07. The summed E-state index contributed by atoms with van der Waals surface area (Å²) in [6, 6.07) is 9.62. The lowest BCUT2D eigenvalue weighted by molar-refractivity contribution is -0.115. The van der Waals surface area contributed by atoms with Crippen molar-refractivity contribution in [3.05, 3.63) is 46.7 Å². The van der Waals surface area contributed by atoms with E-state index in [1.807, 2.05) is 6.21 Å². The van der Waals surface area contributed by atoms with Crippen LogP contribution in [0, 0.1) is 0 Å². The van der Waals surface area contributed by atoms with E-state index >= 15 is 0 Å². The molecule has 3 atom stereocenters. The molecule has 0 saturated heterocycles. The number of carbonyl (C=O) groups excluding carboxylic acids is 1. The molecule has 3 heteroatoms. The fourth-order valence-corrected chi connectivity index (χ4v) is 4.46. The van der Waals surface area contributed by atoms with Gasteiger partial charge in [-0.05, 0) is 42.2 Å². The van der Waals surface area contributed by atoms with E-state index in [4.69, 9.17) is 4.99 Å². The highest BCUT2D eigenvalue weighted by molar-refractivity contribution is 6.15. The smallest absolute Gasteiger partial charge is 0.166 e. The Morgan fingerprint density at radius 2 is 1.84 bits per heavy atom. The molecule has 2 aliphatic carbocycles. The van der Waals surface area contributed by atoms with Crippen LogP contribution < -0.4 is 5.32 Å². The van der Waals surface area contributed by atoms with E-state index in [1.165, 1.54) is 30.4 Å². The summed E-state index contributed by atoms with van der Waals surface area (Å²) in [5, 5.41) is 3.71. The van der Waals surface area contributed by atoms with Gasteiger partial charge in [-0.15, -0.1) is 0 Å². The van der Waals surface area contributed by atoms with E-state index in [-0.39, 0.29) is 11.7 Å². The van der Waals surface area contributed by atoms with Crippen LogP contribution in [-0.2, 0) is 4.79 Å². The summed E-state index contributed by atoms with van der Waals surface area (Å²) in [6.45, 7) is 4.43. The number of carbonyl (C=O) groups is 1. The van der Waals surface area contributed by atoms with Crippen molar-refractivity contribution in [2.24, 2.45) is 4.99 Å². The zero-order valence-electron chi connectivity index (χ0n) is 15.3. The van der Waals surface area contributed by atoms with Gasteiger partial charge in [0.15, 0.2) is 5.78 Å². The SMILES string of the molecule is CC(C)c1ccc([C@@H]2CC(=O)C3=C(C2)N[C@H]2CCCC[C@H]2N=C3)cc1. The topological polar surface area (TPSA) is 41.5 Å². The third-order valence-corrected chi connectivity index (χ3v) is 6.07. The Hall–Kier alpha value is -1.90. The Labute approximate surface area is 150 Å². The summed E-state index contributed by atoms with van der Waals surface area (Å²) in [6.07, 6.45) is 8.23. The molecule has 1 heterocycles. The van der Waals surface area contributed by atoms with Crippen LogP contribution in [0.2, 0.25) is 0 Å². The molecule has 3 nitrogen and oxygen atoms in total. The van der Waals surface area contributed by atoms with Crippen molar-refractivity contribution in [3.8, 4) is 0 Å². The molecule has 0 unspecified atom stereocenters. The van der Waals surface area contributed by atoms with Crippen LogP contribution in [0.25, 0.3) is 0 Å². The largest absolute Gasteiger partial charge is 0.383 e. The number of fused-ring (bicyclic) bond motifs is 1. The number of allylic oxidation sites excluding steroid dienone is 2. The van der Waals surface area contributed by atoms with Crippen molar-refractivity contribution in [2.75, 3.05) is 0 Å². The lowest BCUT2D eigenvalue weighted by Crippen LogP contribution is -2.41. The molecule has 0 amide bonds. The highest BCUT2D eigenvalue weighted by atomic mass is 16.1. The van der Waals surface area contributed by atoms with Crippen LogP contribution in [-0.4, -0.2) is 24.1 Å². The molecule has 0 radical (unpaired) electrons. The number of benzene rings is 1. The molecule has 25 heavy (non-hydrogen) atoms. The number of nitrogens with one attached hydrogen (secondary N) is 1. The average molecular weight is 336 g/mol. The molecule has 1 aromatic rings. The normalized spacial score (nSPS) is 29.1. The van der Waals surface area contributed by atoms with E-state index in [1.54, 1.807) is 0 Å². The maximum absolute atomic E-state index is 12.8. The summed E-state index contributed by atoms with van der Waals surface area (Å²) < 4.78 is 0. The third kappa shape index (κ3) is 3.29. The molecule has 0 bridgehead atoms. The van der Waals surface area contributed by atoms with Crippen molar-refractivity contribution < 1.29 is 4.79 Å². The van der Waals surface area contributed by atoms with Crippen molar-refractivity contribution in [3.63, 3.8) is 0 Å². The average Bonchev–Trinajstić information content (AvgIpc) is 2.81. The first-order valence-electron chi connectivity index (χ1n) is 9.77. The molecule has 1 aliphatic heterocycles. The number of hydrogen-bond acceptors (Lipinski definition) is 3. The molecule has 0 spiro atoms. The number of hydrogen-bond donors (Lipinski definition) is 1. The Morgan fingerprint density at radius 1 is 1.08 bits per heavy atom. The highest BCUT2D eigenvalue weighted by Crippen LogP contribution is 2.36. The second kappa shape index (κ2) is 6.78. The van der Waals surface area contributed by atoms with E-state index in [0.29, 0.717) is 24.4 Å². The molecule has 0 aromatic heterocycles. The molecule has 1 aromatic carbocycles. The van der Waals surface area contributed by atoms with Gasteiger partial charge in [0.2, 0.25) is 0 Å². The second-order valence-corrected chi connectivity index (χ2v) is 8.12. The predicted octanol–water partition coefficient (Wildman–Crippen LogP) is 4.50. The molecular formula is C22H28N2O. The number of rotatable bonds is 2. The fourth-order valence-electron chi connectivity index (χ4n) is 4.46. The van der Waals surface area contributed by atoms with E-state index < -0.39 is 0 Å². The Balaban J connectivity index is 1.57. The minimum atomic E-state index is 0.245. The van der Waals surface area contributed by atoms with Gasteiger partial charge < -0.3 is 5.32 Å². The molecule has 132 valence electrons. The fraction of sp³-hybridized carbons (Fsp3) is 0.545. The molecule has 4 rings (SSSR count). The van der Waals surface area contributed by atoms with Gasteiger partial charge in [-0.2, -0.15) is 0 Å². The van der Waals surface area contributed by atoms with Gasteiger partial charge >= 0.3 is 0 Å². The minimum absolute atomic E-state index is 0.245. The summed E-state index contributed by atoms with van der Waals surface area (Å²) in [7, 11) is 0. The standard InChI is InChI=1S/C22H28N2O/c1-14(2)15-7-9-16(10-8-15)17-11-21-18(22(25)12-17)13-23-19-5-3-4-6-20(19)24-21/h7-10,13-14,17,19-20,24H,3-6,11-12H2,1-2H3/t17-,19+,20-/m0/s1. The van der Waals surface area contributed by atoms with Crippen LogP contribution in [0.4, 0.5) is 0 Å². The Kier molecular flexibility index (Phi) is 4.49. The number of Topliss-reactive ketones (excluding diaryl/α,β-unsaturated/α-hetero) is 1. The number of aliphatic imine (C=N–C) groups is 1.